The number of nitrogens with zero attached hydrogens (tertiary/aromatic N) is 4. The number of halogens is 2. The summed E-state index contributed by atoms with van der Waals surface area (Å²) < 4.78 is 62.9. The van der Waals surface area contributed by atoms with Gasteiger partial charge in [-0.25, -0.2) is 13.8 Å². The fraction of sp³-hybridized carbons (Fsp3) is 0.444. The van der Waals surface area contributed by atoms with E-state index < -0.39 is 27.9 Å². The van der Waals surface area contributed by atoms with E-state index in [-0.39, 0.29) is 36.5 Å². The molecule has 6 rings (SSSR count). The van der Waals surface area contributed by atoms with Crippen molar-refractivity contribution >= 4 is 26.9 Å². The molecular weight excluding hydrogens is 526 g/mol. The second-order valence-electron chi connectivity index (χ2n) is 10.7. The maximum absolute atomic E-state index is 14.9. The molecule has 2 saturated heterocycles. The molecule has 204 valence electrons. The molecule has 1 atom stereocenters. The highest BCUT2D eigenvalue weighted by atomic mass is 32.2. The molecule has 3 heterocycles. The van der Waals surface area contributed by atoms with Gasteiger partial charge in [0.1, 0.15) is 23.6 Å². The zero-order valence-corrected chi connectivity index (χ0v) is 22.0. The third-order valence-electron chi connectivity index (χ3n) is 8.09. The molecule has 0 amide bonds. The van der Waals surface area contributed by atoms with Crippen LogP contribution in [-0.4, -0.2) is 55.0 Å². The molecular formula is C27H28F2N6O3S. The SMILES string of the molecule is N#Cc1c(NS(=O)(=O)N2CC[C@@H](F)C2)ccc(F)c1Oc1ccc2ncc(C3CC4(CCNCC4)C3)nc2c1. The molecule has 1 aliphatic carbocycles. The van der Waals surface area contributed by atoms with Crippen molar-refractivity contribution in [2.45, 2.75) is 44.2 Å². The number of nitriles is 1. The molecule has 0 bridgehead atoms. The average molecular weight is 555 g/mol. The zero-order chi connectivity index (χ0) is 27.2. The molecule has 2 aromatic carbocycles. The number of alkyl halides is 1. The molecule has 2 aliphatic heterocycles. The molecule has 3 aliphatic rings. The summed E-state index contributed by atoms with van der Waals surface area (Å²) in [7, 11) is -4.14. The highest BCUT2D eigenvalue weighted by Gasteiger charge is 2.45. The summed E-state index contributed by atoms with van der Waals surface area (Å²) in [6, 6.07) is 8.92. The van der Waals surface area contributed by atoms with E-state index >= 15 is 0 Å². The Bertz CT molecular complexity index is 1560. The van der Waals surface area contributed by atoms with Crippen LogP contribution in [0, 0.1) is 22.6 Å². The number of ether oxygens (including phenoxy) is 1. The van der Waals surface area contributed by atoms with Crippen molar-refractivity contribution in [3.63, 3.8) is 0 Å². The highest BCUT2D eigenvalue weighted by molar-refractivity contribution is 7.90. The molecule has 0 radical (unpaired) electrons. The van der Waals surface area contributed by atoms with Crippen LogP contribution in [0.3, 0.4) is 0 Å². The summed E-state index contributed by atoms with van der Waals surface area (Å²) in [6.45, 7) is 1.84. The molecule has 0 unspecified atom stereocenters. The minimum absolute atomic E-state index is 0.0160. The fourth-order valence-electron chi connectivity index (χ4n) is 5.91. The first-order valence-electron chi connectivity index (χ1n) is 13.1. The summed E-state index contributed by atoms with van der Waals surface area (Å²) in [4.78, 5) is 9.36. The lowest BCUT2D eigenvalue weighted by molar-refractivity contribution is 0.0586. The lowest BCUT2D eigenvalue weighted by Gasteiger charge is -2.50. The van der Waals surface area contributed by atoms with Crippen LogP contribution in [0.5, 0.6) is 11.5 Å². The van der Waals surface area contributed by atoms with Crippen molar-refractivity contribution < 1.29 is 21.9 Å². The van der Waals surface area contributed by atoms with E-state index in [1.807, 2.05) is 12.3 Å². The zero-order valence-electron chi connectivity index (χ0n) is 21.2. The monoisotopic (exact) mass is 554 g/mol. The van der Waals surface area contributed by atoms with Crippen molar-refractivity contribution in [3.05, 3.63) is 53.6 Å². The lowest BCUT2D eigenvalue weighted by Crippen LogP contribution is -2.44. The molecule has 1 saturated carbocycles. The van der Waals surface area contributed by atoms with Crippen LogP contribution in [0.15, 0.2) is 36.5 Å². The van der Waals surface area contributed by atoms with Crippen LogP contribution in [0.25, 0.3) is 11.0 Å². The Labute approximate surface area is 225 Å². The van der Waals surface area contributed by atoms with Gasteiger partial charge in [0, 0.05) is 31.3 Å². The predicted octanol–water partition coefficient (Wildman–Crippen LogP) is 4.38. The second-order valence-corrected chi connectivity index (χ2v) is 12.3. The normalized spacial score (nSPS) is 21.5. The Morgan fingerprint density at radius 1 is 1.18 bits per heavy atom. The number of benzene rings is 2. The minimum atomic E-state index is -4.14. The highest BCUT2D eigenvalue weighted by Crippen LogP contribution is 2.55. The second kappa shape index (κ2) is 9.97. The van der Waals surface area contributed by atoms with Crippen LogP contribution in [-0.2, 0) is 10.2 Å². The topological polar surface area (TPSA) is 120 Å². The summed E-state index contributed by atoms with van der Waals surface area (Å²) >= 11 is 0. The maximum Gasteiger partial charge on any atom is 0.301 e. The van der Waals surface area contributed by atoms with E-state index in [2.05, 4.69) is 15.0 Å². The van der Waals surface area contributed by atoms with Gasteiger partial charge in [0.25, 0.3) is 0 Å². The first kappa shape index (κ1) is 25.9. The number of nitrogens with one attached hydrogen (secondary N) is 2. The molecule has 1 aromatic heterocycles. The number of hydrogen-bond acceptors (Lipinski definition) is 7. The number of piperidine rings is 1. The standard InChI is InChI=1S/C27H28F2N6O3S/c28-18-5-10-35(16-18)39(36,37)34-22-4-2-21(29)26(20(22)14-30)38-19-1-3-23-24(11-19)33-25(15-32-23)17-12-27(13-17)6-8-31-9-7-27/h1-4,11,15,17-18,31,34H,5-10,12-13,16H2/t18-/m1/s1. The maximum atomic E-state index is 14.9. The molecule has 3 fully saturated rings. The molecule has 1 spiro atoms. The summed E-state index contributed by atoms with van der Waals surface area (Å²) in [5.41, 5.74) is 2.08. The predicted molar refractivity (Wildman–Crippen MR) is 141 cm³/mol. The Balaban J connectivity index is 1.24. The smallest absolute Gasteiger partial charge is 0.301 e. The van der Waals surface area contributed by atoms with Crippen molar-refractivity contribution in [2.24, 2.45) is 5.41 Å². The quantitative estimate of drug-likeness (QED) is 0.464. The largest absolute Gasteiger partial charge is 0.453 e. The third kappa shape index (κ3) is 5.02. The number of fused-ring (bicyclic) bond motifs is 1. The molecule has 9 nitrogen and oxygen atoms in total. The average Bonchev–Trinajstić information content (AvgIpc) is 3.36. The Morgan fingerprint density at radius 2 is 1.97 bits per heavy atom. The van der Waals surface area contributed by atoms with Gasteiger partial charge in [-0.1, -0.05) is 0 Å². The molecule has 12 heteroatoms. The van der Waals surface area contributed by atoms with E-state index in [4.69, 9.17) is 9.72 Å². The van der Waals surface area contributed by atoms with Crippen LogP contribution >= 0.6 is 0 Å². The fourth-order valence-corrected chi connectivity index (χ4v) is 7.19. The van der Waals surface area contributed by atoms with Crippen LogP contribution in [0.2, 0.25) is 0 Å². The van der Waals surface area contributed by atoms with E-state index in [9.17, 15) is 22.5 Å². The van der Waals surface area contributed by atoms with Crippen molar-refractivity contribution in [3.8, 4) is 17.6 Å². The third-order valence-corrected chi connectivity index (χ3v) is 9.58. The van der Waals surface area contributed by atoms with Crippen molar-refractivity contribution in [1.82, 2.24) is 19.6 Å². The van der Waals surface area contributed by atoms with Crippen molar-refractivity contribution in [1.29, 1.82) is 5.26 Å². The van der Waals surface area contributed by atoms with Crippen LogP contribution < -0.4 is 14.8 Å². The number of rotatable bonds is 6. The minimum Gasteiger partial charge on any atom is -0.453 e. The Morgan fingerprint density at radius 3 is 2.69 bits per heavy atom. The summed E-state index contributed by atoms with van der Waals surface area (Å²) in [5.74, 6) is -0.674. The lowest BCUT2D eigenvalue weighted by atomic mass is 9.57. The van der Waals surface area contributed by atoms with Gasteiger partial charge in [0.15, 0.2) is 11.6 Å². The van der Waals surface area contributed by atoms with E-state index in [0.29, 0.717) is 22.4 Å². The van der Waals surface area contributed by atoms with Gasteiger partial charge in [-0.3, -0.25) is 9.71 Å². The Hall–Kier alpha value is -3.40. The summed E-state index contributed by atoms with van der Waals surface area (Å²) in [5, 5.41) is 13.2. The van der Waals surface area contributed by atoms with E-state index in [1.54, 1.807) is 18.2 Å². The first-order chi connectivity index (χ1) is 18.7. The van der Waals surface area contributed by atoms with Gasteiger partial charge in [-0.15, -0.1) is 0 Å². The number of aromatic nitrogens is 2. The van der Waals surface area contributed by atoms with Gasteiger partial charge in [-0.05, 0) is 74.9 Å². The summed E-state index contributed by atoms with van der Waals surface area (Å²) in [6.07, 6.45) is 5.20. The van der Waals surface area contributed by atoms with Gasteiger partial charge in [0.05, 0.1) is 22.4 Å². The number of anilines is 1. The van der Waals surface area contributed by atoms with Gasteiger partial charge < -0.3 is 10.1 Å². The van der Waals surface area contributed by atoms with Gasteiger partial charge >= 0.3 is 10.2 Å². The molecule has 39 heavy (non-hydrogen) atoms. The van der Waals surface area contributed by atoms with Gasteiger partial charge in [-0.2, -0.15) is 18.0 Å². The van der Waals surface area contributed by atoms with E-state index in [0.717, 1.165) is 48.1 Å². The van der Waals surface area contributed by atoms with Crippen LogP contribution in [0.4, 0.5) is 14.5 Å². The Kier molecular flexibility index (Phi) is 6.61. The number of hydrogen-bond donors (Lipinski definition) is 2. The molecule has 2 N–H and O–H groups in total. The first-order valence-corrected chi connectivity index (χ1v) is 14.5. The van der Waals surface area contributed by atoms with Crippen molar-refractivity contribution in [2.75, 3.05) is 30.9 Å². The van der Waals surface area contributed by atoms with Crippen LogP contribution in [0.1, 0.15) is 49.3 Å². The molecule has 3 aromatic rings. The van der Waals surface area contributed by atoms with Gasteiger partial charge in [0.2, 0.25) is 0 Å². The van der Waals surface area contributed by atoms with E-state index in [1.165, 1.54) is 12.8 Å².